The summed E-state index contributed by atoms with van der Waals surface area (Å²) in [5, 5.41) is 0. The average Bonchev–Trinajstić information content (AvgIpc) is 3.10. The van der Waals surface area contributed by atoms with E-state index in [1.54, 1.807) is 9.44 Å². The summed E-state index contributed by atoms with van der Waals surface area (Å²) < 4.78 is 2.41. The van der Waals surface area contributed by atoms with Crippen LogP contribution in [0.3, 0.4) is 0 Å². The molecule has 0 aromatic heterocycles. The smallest absolute Gasteiger partial charge is 0.0564 e. The summed E-state index contributed by atoms with van der Waals surface area (Å²) in [4.78, 5) is 0. The molecule has 1 aromatic rings. The van der Waals surface area contributed by atoms with Crippen molar-refractivity contribution in [2.75, 3.05) is 0 Å². The maximum atomic E-state index is 2.39. The van der Waals surface area contributed by atoms with E-state index in [9.17, 15) is 0 Å². The Morgan fingerprint density at radius 2 is 1.95 bits per heavy atom. The topological polar surface area (TPSA) is 0 Å². The summed E-state index contributed by atoms with van der Waals surface area (Å²) in [6.45, 7) is 4.36. The molecule has 1 heteroatoms. The van der Waals surface area contributed by atoms with Gasteiger partial charge in [-0.25, -0.2) is 0 Å². The minimum absolute atomic E-state index is 0.00130. The fourth-order valence-corrected chi connectivity index (χ4v) is 4.38. The van der Waals surface area contributed by atoms with Crippen LogP contribution < -0.4 is 0 Å². The Bertz CT molecular complexity index is 492. The first-order valence-corrected chi connectivity index (χ1v) is 8.92. The number of fused-ring (bicyclic) bond motifs is 1. The molecule has 0 bridgehead atoms. The van der Waals surface area contributed by atoms with Crippen LogP contribution >= 0.6 is 0 Å². The normalized spacial score (nSPS) is 18.6. The van der Waals surface area contributed by atoms with Crippen molar-refractivity contribution in [1.29, 1.82) is 0 Å². The summed E-state index contributed by atoms with van der Waals surface area (Å²) in [5.74, 6) is 0. The van der Waals surface area contributed by atoms with Gasteiger partial charge in [0.2, 0.25) is 0 Å². The summed E-state index contributed by atoms with van der Waals surface area (Å²) in [6.07, 6.45) is 15.3. The molecular weight excluding hydrogens is 264 g/mol. The van der Waals surface area contributed by atoms with E-state index in [2.05, 4.69) is 68.5 Å². The molecule has 19 heavy (non-hydrogen) atoms. The van der Waals surface area contributed by atoms with Crippen LogP contribution in [0.25, 0.3) is 6.08 Å². The summed E-state index contributed by atoms with van der Waals surface area (Å²) in [5.41, 5.74) is 2.98. The number of rotatable bonds is 3. The second kappa shape index (κ2) is 7.67. The minimum Gasteiger partial charge on any atom is -0.0654 e. The third kappa shape index (κ3) is 4.06. The van der Waals surface area contributed by atoms with E-state index in [4.69, 9.17) is 0 Å². The Labute approximate surface area is 126 Å². The molecule has 0 radical (unpaired) electrons. The molecule has 0 spiro atoms. The van der Waals surface area contributed by atoms with Crippen molar-refractivity contribution in [3.05, 3.63) is 63.6 Å². The van der Waals surface area contributed by atoms with Gasteiger partial charge in [-0.2, -0.15) is 0 Å². The van der Waals surface area contributed by atoms with E-state index in [1.807, 2.05) is 0 Å². The van der Waals surface area contributed by atoms with Crippen molar-refractivity contribution in [3.8, 4) is 0 Å². The minimum atomic E-state index is -0.00130. The maximum absolute atomic E-state index is 2.39. The average molecular weight is 286 g/mol. The molecule has 0 nitrogen and oxygen atoms in total. The predicted octanol–water partition coefficient (Wildman–Crippen LogP) is 5.49. The number of hydrogen-bond donors (Lipinski definition) is 0. The van der Waals surface area contributed by atoms with Gasteiger partial charge in [-0.15, -0.1) is 0 Å². The standard InChI is InChI=1S/C9H7.C5H5.C4H10.Ti/c1-2-5-9-7-3-6-8(9)4-1;1-2-4-5-3-1;1-3-4-2;/h1-7H;1-3H,4H2;3-4H2,1-2H3;. The summed E-state index contributed by atoms with van der Waals surface area (Å²) in [6, 6.07) is 8.79. The van der Waals surface area contributed by atoms with Crippen molar-refractivity contribution < 1.29 is 19.2 Å². The number of allylic oxidation sites excluding steroid dienone is 5. The van der Waals surface area contributed by atoms with Gasteiger partial charge in [-0.1, -0.05) is 26.7 Å². The molecule has 1 aromatic carbocycles. The second-order valence-electron chi connectivity index (χ2n) is 4.93. The number of benzene rings is 1. The van der Waals surface area contributed by atoms with Gasteiger partial charge in [-0.05, 0) is 0 Å². The van der Waals surface area contributed by atoms with Crippen molar-refractivity contribution in [1.82, 2.24) is 0 Å². The van der Waals surface area contributed by atoms with Crippen LogP contribution in [-0.2, 0) is 19.2 Å². The fraction of sp³-hybridized carbons (Fsp3) is 0.333. The van der Waals surface area contributed by atoms with Crippen LogP contribution in [0.2, 0.25) is 0 Å². The Morgan fingerprint density at radius 1 is 1.16 bits per heavy atom. The van der Waals surface area contributed by atoms with Crippen LogP contribution in [0.5, 0.6) is 0 Å². The summed E-state index contributed by atoms with van der Waals surface area (Å²) >= 11 is -0.00130. The van der Waals surface area contributed by atoms with Gasteiger partial charge in [0.15, 0.2) is 0 Å². The third-order valence-electron chi connectivity index (χ3n) is 3.41. The fourth-order valence-electron chi connectivity index (χ4n) is 2.13. The molecule has 2 aliphatic carbocycles. The Balaban J connectivity index is 0.000000297. The quantitative estimate of drug-likeness (QED) is 0.645. The third-order valence-corrected chi connectivity index (χ3v) is 5.84. The molecule has 0 fully saturated rings. The van der Waals surface area contributed by atoms with Crippen LogP contribution in [0, 0.1) is 0 Å². The monoisotopic (exact) mass is 286 g/mol. The van der Waals surface area contributed by atoms with Crippen molar-refractivity contribution in [3.63, 3.8) is 0 Å². The summed E-state index contributed by atoms with van der Waals surface area (Å²) in [7, 11) is 0. The van der Waals surface area contributed by atoms with Gasteiger partial charge in [-0.3, -0.25) is 0 Å². The van der Waals surface area contributed by atoms with Crippen molar-refractivity contribution in [2.24, 2.45) is 0 Å². The maximum Gasteiger partial charge on any atom is -0.0564 e. The van der Waals surface area contributed by atoms with Crippen molar-refractivity contribution in [2.45, 2.75) is 37.3 Å². The molecule has 0 amide bonds. The zero-order chi connectivity index (χ0) is 13.5. The molecule has 1 unspecified atom stereocenters. The molecular formula is C18H22Ti. The molecule has 1 atom stereocenters. The molecule has 0 aliphatic heterocycles. The van der Waals surface area contributed by atoms with Gasteiger partial charge in [0.25, 0.3) is 0 Å². The van der Waals surface area contributed by atoms with Crippen LogP contribution in [0.1, 0.15) is 48.5 Å². The second-order valence-corrected chi connectivity index (χ2v) is 7.36. The van der Waals surface area contributed by atoms with Crippen LogP contribution in [0.4, 0.5) is 0 Å². The van der Waals surface area contributed by atoms with Gasteiger partial charge in [0.1, 0.15) is 0 Å². The van der Waals surface area contributed by atoms with E-state index in [-0.39, 0.29) is 19.2 Å². The molecule has 2 aliphatic rings. The first-order chi connectivity index (χ1) is 9.35. The molecule has 0 heterocycles. The molecule has 98 valence electrons. The Morgan fingerprint density at radius 3 is 2.63 bits per heavy atom. The largest absolute Gasteiger partial charge is 0.0654 e. The van der Waals surface area contributed by atoms with E-state index >= 15 is 0 Å². The van der Waals surface area contributed by atoms with Gasteiger partial charge < -0.3 is 0 Å². The first kappa shape index (κ1) is 14.6. The molecule has 0 saturated heterocycles. The van der Waals surface area contributed by atoms with Gasteiger partial charge in [0.05, 0.1) is 0 Å². The molecule has 3 rings (SSSR count). The Kier molecular flexibility index (Phi) is 5.88. The van der Waals surface area contributed by atoms with Gasteiger partial charge >= 0.3 is 99.4 Å². The predicted molar refractivity (Wildman–Crippen MR) is 80.6 cm³/mol. The van der Waals surface area contributed by atoms with Gasteiger partial charge in [0, 0.05) is 0 Å². The van der Waals surface area contributed by atoms with Crippen LogP contribution in [0.15, 0.2) is 52.4 Å². The zero-order valence-electron chi connectivity index (χ0n) is 11.9. The van der Waals surface area contributed by atoms with Crippen molar-refractivity contribution >= 4 is 6.08 Å². The van der Waals surface area contributed by atoms with Crippen LogP contribution in [-0.4, -0.2) is 0 Å². The SMILES string of the molecule is C1=CC[C]([Ti][CH]2C=Cc3ccccc32)=C1.CCCC. The first-order valence-electron chi connectivity index (χ1n) is 7.24. The van der Waals surface area contributed by atoms with E-state index in [0.717, 1.165) is 4.22 Å². The molecule has 0 N–H and O–H groups in total. The molecule has 0 saturated carbocycles. The van der Waals surface area contributed by atoms with E-state index in [1.165, 1.54) is 24.8 Å². The number of hydrogen-bond acceptors (Lipinski definition) is 0. The zero-order valence-corrected chi connectivity index (χ0v) is 13.5. The van der Waals surface area contributed by atoms with E-state index < -0.39 is 0 Å². The Hall–Kier alpha value is -0.846. The van der Waals surface area contributed by atoms with E-state index in [0.29, 0.717) is 0 Å². The number of unbranched alkanes of at least 4 members (excludes halogenated alkanes) is 1.